The molecule has 0 aliphatic rings. The smallest absolute Gasteiger partial charge is 0.248 e. The van der Waals surface area contributed by atoms with Gasteiger partial charge in [0, 0.05) is 17.7 Å². The molecule has 0 radical (unpaired) electrons. The predicted molar refractivity (Wildman–Crippen MR) is 121 cm³/mol. The van der Waals surface area contributed by atoms with Gasteiger partial charge in [0.25, 0.3) is 0 Å². The summed E-state index contributed by atoms with van der Waals surface area (Å²) in [5.74, 6) is 0.128. The van der Waals surface area contributed by atoms with Gasteiger partial charge in [0.2, 0.25) is 5.91 Å². The van der Waals surface area contributed by atoms with Crippen LogP contribution in [-0.4, -0.2) is 15.9 Å². The average molecular weight is 447 g/mol. The quantitative estimate of drug-likeness (QED) is 0.351. The van der Waals surface area contributed by atoms with Gasteiger partial charge >= 0.3 is 0 Å². The molecule has 160 valence electrons. The minimum atomic E-state index is -0.544. The van der Waals surface area contributed by atoms with Gasteiger partial charge in [0.15, 0.2) is 11.6 Å². The Morgan fingerprint density at radius 3 is 2.81 bits per heavy atom. The van der Waals surface area contributed by atoms with Gasteiger partial charge in [-0.05, 0) is 48.0 Å². The largest absolute Gasteiger partial charge is 0.485 e. The normalized spacial score (nSPS) is 10.8. The van der Waals surface area contributed by atoms with E-state index in [1.165, 1.54) is 41.8 Å². The van der Waals surface area contributed by atoms with Crippen LogP contribution in [0.5, 0.6) is 17.2 Å². The monoisotopic (exact) mass is 447 g/mol. The maximum atomic E-state index is 14.4. The molecule has 4 rings (SSSR count). The van der Waals surface area contributed by atoms with Crippen LogP contribution in [-0.2, 0) is 11.4 Å². The molecule has 32 heavy (non-hydrogen) atoms. The van der Waals surface area contributed by atoms with Crippen LogP contribution in [0.1, 0.15) is 11.3 Å². The summed E-state index contributed by atoms with van der Waals surface area (Å²) in [5, 5.41) is 4.67. The molecule has 0 unspecified atom stereocenters. The van der Waals surface area contributed by atoms with Crippen LogP contribution in [0.3, 0.4) is 0 Å². The van der Waals surface area contributed by atoms with Gasteiger partial charge in [-0.2, -0.15) is 0 Å². The van der Waals surface area contributed by atoms with Gasteiger partial charge in [0.05, 0.1) is 23.1 Å². The second-order valence-electron chi connectivity index (χ2n) is 6.57. The molecule has 0 spiro atoms. The summed E-state index contributed by atoms with van der Waals surface area (Å²) in [6.07, 6.45) is 5.95. The maximum absolute atomic E-state index is 14.4. The van der Waals surface area contributed by atoms with E-state index in [0.717, 1.165) is 5.69 Å². The molecule has 0 aliphatic heterocycles. The Balaban J connectivity index is 1.38. The number of carbonyl (C=O) groups is 1. The lowest BCUT2D eigenvalue weighted by Gasteiger charge is -2.10. The number of nitrogens with one attached hydrogen (secondary N) is 1. The summed E-state index contributed by atoms with van der Waals surface area (Å²) in [7, 11) is 0. The fraction of sp³-hybridized carbons (Fsp3) is 0.0417. The zero-order valence-electron chi connectivity index (χ0n) is 16.8. The lowest BCUT2D eigenvalue weighted by atomic mass is 10.2. The highest BCUT2D eigenvalue weighted by molar-refractivity contribution is 7.07. The molecule has 6 nitrogen and oxygen atoms in total. The van der Waals surface area contributed by atoms with Crippen LogP contribution in [0.2, 0.25) is 0 Å². The highest BCUT2D eigenvalue weighted by Crippen LogP contribution is 2.26. The van der Waals surface area contributed by atoms with E-state index in [2.05, 4.69) is 15.3 Å². The number of benzene rings is 2. The van der Waals surface area contributed by atoms with Gasteiger partial charge in [0.1, 0.15) is 18.1 Å². The number of pyridine rings is 1. The van der Waals surface area contributed by atoms with Crippen LogP contribution in [0.25, 0.3) is 6.08 Å². The van der Waals surface area contributed by atoms with Crippen molar-refractivity contribution in [2.45, 2.75) is 6.61 Å². The predicted octanol–water partition coefficient (Wildman–Crippen LogP) is 5.70. The molecule has 1 N–H and O–H groups in total. The second kappa shape index (κ2) is 10.3. The number of halogens is 1. The van der Waals surface area contributed by atoms with Crippen LogP contribution < -0.4 is 14.8 Å². The van der Waals surface area contributed by atoms with E-state index in [9.17, 15) is 9.18 Å². The fourth-order valence-electron chi connectivity index (χ4n) is 2.74. The number of para-hydroxylation sites is 2. The van der Waals surface area contributed by atoms with Crippen LogP contribution in [0.4, 0.5) is 10.1 Å². The number of hydrogen-bond donors (Lipinski definition) is 1. The number of nitrogens with zero attached hydrogens (tertiary/aromatic N) is 2. The van der Waals surface area contributed by atoms with Crippen LogP contribution >= 0.6 is 11.3 Å². The summed E-state index contributed by atoms with van der Waals surface area (Å²) < 4.78 is 25.6. The Hall–Kier alpha value is -4.04. The average Bonchev–Trinajstić information content (AvgIpc) is 3.33. The van der Waals surface area contributed by atoms with Crippen molar-refractivity contribution >= 4 is 29.0 Å². The number of thiazole rings is 1. The Morgan fingerprint density at radius 2 is 2.03 bits per heavy atom. The molecule has 8 heteroatoms. The molecule has 1 amide bonds. The third kappa shape index (κ3) is 5.77. The lowest BCUT2D eigenvalue weighted by Crippen LogP contribution is -2.09. The SMILES string of the molecule is O=C(/C=C/c1ccc(Oc2cccnc2)c(F)c1)Nc1ccccc1OCc1cscn1. The molecular weight excluding hydrogens is 429 g/mol. The maximum Gasteiger partial charge on any atom is 0.248 e. The highest BCUT2D eigenvalue weighted by atomic mass is 32.1. The fourth-order valence-corrected chi connectivity index (χ4v) is 3.28. The molecule has 2 heterocycles. The molecule has 0 bridgehead atoms. The molecule has 0 saturated heterocycles. The Kier molecular flexibility index (Phi) is 6.84. The van der Waals surface area contributed by atoms with E-state index in [0.29, 0.717) is 29.4 Å². The summed E-state index contributed by atoms with van der Waals surface area (Å²) in [5.41, 5.74) is 3.60. The van der Waals surface area contributed by atoms with Crippen molar-refractivity contribution in [1.29, 1.82) is 0 Å². The second-order valence-corrected chi connectivity index (χ2v) is 7.29. The van der Waals surface area contributed by atoms with E-state index < -0.39 is 5.82 Å². The Morgan fingerprint density at radius 1 is 1.12 bits per heavy atom. The number of aromatic nitrogens is 2. The van der Waals surface area contributed by atoms with E-state index in [-0.39, 0.29) is 11.7 Å². The topological polar surface area (TPSA) is 73.3 Å². The molecule has 0 fully saturated rings. The van der Waals surface area contributed by atoms with Crippen molar-refractivity contribution in [2.75, 3.05) is 5.32 Å². The van der Waals surface area contributed by atoms with Crippen molar-refractivity contribution in [3.8, 4) is 17.2 Å². The number of rotatable bonds is 8. The van der Waals surface area contributed by atoms with E-state index >= 15 is 0 Å². The molecule has 4 aromatic rings. The van der Waals surface area contributed by atoms with Gasteiger partial charge in [-0.3, -0.25) is 9.78 Å². The minimum absolute atomic E-state index is 0.0748. The summed E-state index contributed by atoms with van der Waals surface area (Å²) >= 11 is 1.49. The standard InChI is InChI=1S/C24H18FN3O3S/c25-20-12-17(7-9-22(20)31-19-4-3-11-26-13-19)8-10-24(29)28-21-5-1-2-6-23(21)30-14-18-15-32-16-27-18/h1-13,15-16H,14H2,(H,28,29)/b10-8+. The molecule has 0 aliphatic carbocycles. The number of hydrogen-bond acceptors (Lipinski definition) is 6. The Bertz CT molecular complexity index is 1210. The van der Waals surface area contributed by atoms with Crippen molar-refractivity contribution in [2.24, 2.45) is 0 Å². The van der Waals surface area contributed by atoms with Gasteiger partial charge in [-0.25, -0.2) is 9.37 Å². The summed E-state index contributed by atoms with van der Waals surface area (Å²) in [6.45, 7) is 0.305. The number of ether oxygens (including phenoxy) is 2. The third-order valence-electron chi connectivity index (χ3n) is 4.25. The summed E-state index contributed by atoms with van der Waals surface area (Å²) in [4.78, 5) is 20.5. The molecule has 0 saturated carbocycles. The minimum Gasteiger partial charge on any atom is -0.485 e. The number of amides is 1. The zero-order chi connectivity index (χ0) is 22.2. The Labute approximate surface area is 188 Å². The van der Waals surface area contributed by atoms with E-state index in [1.807, 2.05) is 11.4 Å². The van der Waals surface area contributed by atoms with Crippen LogP contribution in [0, 0.1) is 5.82 Å². The van der Waals surface area contributed by atoms with Gasteiger partial charge in [-0.1, -0.05) is 18.2 Å². The number of carbonyl (C=O) groups excluding carboxylic acids is 1. The van der Waals surface area contributed by atoms with Crippen molar-refractivity contribution in [3.05, 3.63) is 101 Å². The molecular formula is C24H18FN3O3S. The first-order chi connectivity index (χ1) is 15.7. The first-order valence-corrected chi connectivity index (χ1v) is 10.6. The van der Waals surface area contributed by atoms with E-state index in [4.69, 9.17) is 9.47 Å². The van der Waals surface area contributed by atoms with Crippen molar-refractivity contribution in [1.82, 2.24) is 9.97 Å². The first kappa shape index (κ1) is 21.2. The zero-order valence-corrected chi connectivity index (χ0v) is 17.6. The molecule has 2 aromatic heterocycles. The third-order valence-corrected chi connectivity index (χ3v) is 4.88. The summed E-state index contributed by atoms with van der Waals surface area (Å²) in [6, 6.07) is 15.0. The van der Waals surface area contributed by atoms with Crippen LogP contribution in [0.15, 0.2) is 84.0 Å². The van der Waals surface area contributed by atoms with Gasteiger partial charge in [-0.15, -0.1) is 11.3 Å². The molecule has 0 atom stereocenters. The molecule has 2 aromatic carbocycles. The lowest BCUT2D eigenvalue weighted by molar-refractivity contribution is -0.111. The van der Waals surface area contributed by atoms with E-state index in [1.54, 1.807) is 48.1 Å². The first-order valence-electron chi connectivity index (χ1n) is 9.63. The van der Waals surface area contributed by atoms with Crippen molar-refractivity contribution < 1.29 is 18.7 Å². The number of anilines is 1. The van der Waals surface area contributed by atoms with Crippen molar-refractivity contribution in [3.63, 3.8) is 0 Å². The van der Waals surface area contributed by atoms with Gasteiger partial charge < -0.3 is 14.8 Å². The highest BCUT2D eigenvalue weighted by Gasteiger charge is 2.08.